The van der Waals surface area contributed by atoms with E-state index in [9.17, 15) is 9.59 Å². The molecule has 0 saturated heterocycles. The summed E-state index contributed by atoms with van der Waals surface area (Å²) >= 11 is 0. The molecule has 0 bridgehead atoms. The third-order valence-corrected chi connectivity index (χ3v) is 0.419. The number of hydrogen-bond donors (Lipinski definition) is 0. The summed E-state index contributed by atoms with van der Waals surface area (Å²) in [5.41, 5.74) is 0. The second-order valence-electron chi connectivity index (χ2n) is 0.920. The predicted molar refractivity (Wildman–Crippen MR) is 27.3 cm³/mol. The molecule has 9 heavy (non-hydrogen) atoms. The molecule has 0 aromatic carbocycles. The summed E-state index contributed by atoms with van der Waals surface area (Å²) in [5.74, 6) is 1.86. The third-order valence-electron chi connectivity index (χ3n) is 0.419. The van der Waals surface area contributed by atoms with Crippen molar-refractivity contribution in [2.45, 2.75) is 0 Å². The number of hydrogen-bond acceptors (Lipinski definition) is 4. The SMILES string of the molecule is COC(=O)OC#CC=O. The monoisotopic (exact) mass is 128 g/mol. The Kier molecular flexibility index (Phi) is 3.88. The summed E-state index contributed by atoms with van der Waals surface area (Å²) in [6, 6.07) is 0. The Morgan fingerprint density at radius 2 is 2.33 bits per heavy atom. The van der Waals surface area contributed by atoms with Crippen LogP contribution in [-0.2, 0) is 14.3 Å². The molecular formula is C5H4O4. The highest BCUT2D eigenvalue weighted by molar-refractivity contribution is 5.73. The Hall–Kier alpha value is -1.50. The molecule has 0 fully saturated rings. The quantitative estimate of drug-likeness (QED) is 0.260. The van der Waals surface area contributed by atoms with Gasteiger partial charge in [0, 0.05) is 5.92 Å². The van der Waals surface area contributed by atoms with E-state index in [2.05, 4.69) is 9.47 Å². The van der Waals surface area contributed by atoms with E-state index < -0.39 is 6.16 Å². The molecule has 0 saturated carbocycles. The summed E-state index contributed by atoms with van der Waals surface area (Å²) in [4.78, 5) is 19.5. The van der Waals surface area contributed by atoms with Gasteiger partial charge < -0.3 is 9.47 Å². The average molecular weight is 128 g/mol. The summed E-state index contributed by atoms with van der Waals surface area (Å²) in [6.07, 6.45) is 1.18. The molecule has 0 rings (SSSR count). The molecule has 0 amide bonds. The Morgan fingerprint density at radius 1 is 1.67 bits per heavy atom. The first-order valence-corrected chi connectivity index (χ1v) is 2.00. The second-order valence-corrected chi connectivity index (χ2v) is 0.920. The molecule has 0 aliphatic heterocycles. The van der Waals surface area contributed by atoms with E-state index in [0.717, 1.165) is 7.11 Å². The molecular weight excluding hydrogens is 124 g/mol. The molecule has 0 N–H and O–H groups in total. The first-order chi connectivity index (χ1) is 4.31. The van der Waals surface area contributed by atoms with Crippen molar-refractivity contribution in [1.29, 1.82) is 0 Å². The van der Waals surface area contributed by atoms with Crippen LogP contribution in [0.1, 0.15) is 0 Å². The van der Waals surface area contributed by atoms with E-state index in [1.165, 1.54) is 0 Å². The number of rotatable bonds is 0. The van der Waals surface area contributed by atoms with Gasteiger partial charge in [-0.1, -0.05) is 0 Å². The topological polar surface area (TPSA) is 52.6 Å². The highest BCUT2D eigenvalue weighted by Crippen LogP contribution is 1.76. The molecule has 4 nitrogen and oxygen atoms in total. The van der Waals surface area contributed by atoms with Gasteiger partial charge in [0.1, 0.15) is 6.11 Å². The Bertz CT molecular complexity index is 162. The fourth-order valence-corrected chi connectivity index (χ4v) is 0.137. The highest BCUT2D eigenvalue weighted by atomic mass is 16.7. The molecule has 0 aromatic heterocycles. The van der Waals surface area contributed by atoms with Gasteiger partial charge in [-0.3, -0.25) is 4.79 Å². The maximum absolute atomic E-state index is 10.0. The van der Waals surface area contributed by atoms with Crippen LogP contribution < -0.4 is 0 Å². The van der Waals surface area contributed by atoms with E-state index >= 15 is 0 Å². The molecule has 4 heteroatoms. The van der Waals surface area contributed by atoms with Gasteiger partial charge in [-0.05, 0) is 0 Å². The molecule has 0 aliphatic carbocycles. The normalized spacial score (nSPS) is 6.33. The minimum Gasteiger partial charge on any atom is -0.437 e. The maximum Gasteiger partial charge on any atom is 0.522 e. The van der Waals surface area contributed by atoms with Gasteiger partial charge in [0.15, 0.2) is 6.29 Å². The minimum atomic E-state index is -0.927. The van der Waals surface area contributed by atoms with Crippen LogP contribution in [0.15, 0.2) is 0 Å². The summed E-state index contributed by atoms with van der Waals surface area (Å²) in [7, 11) is 1.14. The Morgan fingerprint density at radius 3 is 2.78 bits per heavy atom. The van der Waals surface area contributed by atoms with Gasteiger partial charge in [-0.25, -0.2) is 4.79 Å². The van der Waals surface area contributed by atoms with Crippen LogP contribution in [0.5, 0.6) is 0 Å². The van der Waals surface area contributed by atoms with Gasteiger partial charge in [-0.2, -0.15) is 0 Å². The standard InChI is InChI=1S/C5H4O4/c1-8-5(7)9-4-2-3-6/h3H,1H3. The molecule has 0 spiro atoms. The second kappa shape index (κ2) is 4.65. The van der Waals surface area contributed by atoms with Gasteiger partial charge in [0.25, 0.3) is 0 Å². The largest absolute Gasteiger partial charge is 0.522 e. The number of aldehydes is 1. The fourth-order valence-electron chi connectivity index (χ4n) is 0.137. The molecule has 0 atom stereocenters. The van der Waals surface area contributed by atoms with Crippen LogP contribution in [0.4, 0.5) is 4.79 Å². The summed E-state index contributed by atoms with van der Waals surface area (Å²) in [6.45, 7) is 0. The summed E-state index contributed by atoms with van der Waals surface area (Å²) < 4.78 is 8.00. The first-order valence-electron chi connectivity index (χ1n) is 2.00. The smallest absolute Gasteiger partial charge is 0.437 e. The van der Waals surface area contributed by atoms with E-state index in [1.54, 1.807) is 6.11 Å². The van der Waals surface area contributed by atoms with Crippen molar-refractivity contribution in [3.63, 3.8) is 0 Å². The van der Waals surface area contributed by atoms with Gasteiger partial charge in [0.2, 0.25) is 0 Å². The van der Waals surface area contributed by atoms with Crippen molar-refractivity contribution < 1.29 is 19.1 Å². The zero-order valence-electron chi connectivity index (χ0n) is 4.71. The molecule has 0 radical (unpaired) electrons. The average Bonchev–Trinajstić information content (AvgIpc) is 1.89. The Balaban J connectivity index is 3.49. The van der Waals surface area contributed by atoms with E-state index in [0.29, 0.717) is 6.29 Å². The van der Waals surface area contributed by atoms with Crippen molar-refractivity contribution in [2.24, 2.45) is 0 Å². The van der Waals surface area contributed by atoms with Crippen LogP contribution >= 0.6 is 0 Å². The van der Waals surface area contributed by atoms with Gasteiger partial charge >= 0.3 is 6.16 Å². The molecule has 0 heterocycles. The molecule has 48 valence electrons. The van der Waals surface area contributed by atoms with Crippen LogP contribution in [-0.4, -0.2) is 19.6 Å². The van der Waals surface area contributed by atoms with Crippen LogP contribution in [0, 0.1) is 12.0 Å². The zero-order chi connectivity index (χ0) is 7.11. The van der Waals surface area contributed by atoms with Crippen LogP contribution in [0.3, 0.4) is 0 Å². The van der Waals surface area contributed by atoms with Crippen molar-refractivity contribution in [2.75, 3.05) is 7.11 Å². The maximum atomic E-state index is 10.0. The van der Waals surface area contributed by atoms with Gasteiger partial charge in [0.05, 0.1) is 7.11 Å². The summed E-state index contributed by atoms with van der Waals surface area (Å²) in [5, 5.41) is 0. The van der Waals surface area contributed by atoms with Crippen molar-refractivity contribution in [3.05, 3.63) is 0 Å². The molecule has 0 aliphatic rings. The van der Waals surface area contributed by atoms with Crippen molar-refractivity contribution >= 4 is 12.4 Å². The van der Waals surface area contributed by atoms with E-state index in [1.807, 2.05) is 5.92 Å². The van der Waals surface area contributed by atoms with Gasteiger partial charge in [-0.15, -0.1) is 0 Å². The lowest BCUT2D eigenvalue weighted by Crippen LogP contribution is -1.98. The van der Waals surface area contributed by atoms with Crippen LogP contribution in [0.2, 0.25) is 0 Å². The van der Waals surface area contributed by atoms with E-state index in [4.69, 9.17) is 0 Å². The first kappa shape index (κ1) is 7.50. The highest BCUT2D eigenvalue weighted by Gasteiger charge is 1.93. The van der Waals surface area contributed by atoms with E-state index in [-0.39, 0.29) is 0 Å². The lowest BCUT2D eigenvalue weighted by Gasteiger charge is -1.88. The number of ether oxygens (including phenoxy) is 2. The number of carbonyl (C=O) groups excluding carboxylic acids is 2. The zero-order valence-corrected chi connectivity index (χ0v) is 4.71. The lowest BCUT2D eigenvalue weighted by molar-refractivity contribution is -0.103. The van der Waals surface area contributed by atoms with Crippen molar-refractivity contribution in [3.8, 4) is 12.0 Å². The van der Waals surface area contributed by atoms with Crippen LogP contribution in [0.25, 0.3) is 0 Å². The molecule has 0 aromatic rings. The third kappa shape index (κ3) is 4.35. The fraction of sp³-hybridized carbons (Fsp3) is 0.200. The molecule has 0 unspecified atom stereocenters. The van der Waals surface area contributed by atoms with Crippen molar-refractivity contribution in [1.82, 2.24) is 0 Å². The number of methoxy groups -OCH3 is 1. The predicted octanol–water partition coefficient (Wildman–Crippen LogP) is -0.0708. The lowest BCUT2D eigenvalue weighted by atomic mass is 10.8. The number of carbonyl (C=O) groups is 2. The Labute approximate surface area is 51.7 Å². The minimum absolute atomic E-state index is 0.308.